The Labute approximate surface area is 62.5 Å². The fourth-order valence-corrected chi connectivity index (χ4v) is 0.696. The van der Waals surface area contributed by atoms with E-state index in [1.54, 1.807) is 0 Å². The average molecular weight is 159 g/mol. The number of halogens is 2. The standard InChI is InChI=1S/C7H7F2NO/c8-7(9)6(11)5-2-1-3-10-4-5/h1-4,6-7,11H. The predicted octanol–water partition coefficient (Wildman–Crippen LogP) is 1.38. The van der Waals surface area contributed by atoms with Crippen molar-refractivity contribution in [2.75, 3.05) is 0 Å². The molecule has 11 heavy (non-hydrogen) atoms. The summed E-state index contributed by atoms with van der Waals surface area (Å²) in [6.07, 6.45) is -1.79. The zero-order chi connectivity index (χ0) is 8.27. The van der Waals surface area contributed by atoms with Gasteiger partial charge in [0.2, 0.25) is 0 Å². The first-order valence-corrected chi connectivity index (χ1v) is 3.08. The molecule has 0 aliphatic heterocycles. The van der Waals surface area contributed by atoms with Crippen LogP contribution in [0.5, 0.6) is 0 Å². The monoisotopic (exact) mass is 159 g/mol. The van der Waals surface area contributed by atoms with Gasteiger partial charge < -0.3 is 5.11 Å². The van der Waals surface area contributed by atoms with E-state index in [1.807, 2.05) is 0 Å². The highest BCUT2D eigenvalue weighted by molar-refractivity contribution is 5.12. The van der Waals surface area contributed by atoms with Crippen molar-refractivity contribution >= 4 is 0 Å². The number of aliphatic hydroxyl groups is 1. The van der Waals surface area contributed by atoms with Crippen LogP contribution in [0.3, 0.4) is 0 Å². The quantitative estimate of drug-likeness (QED) is 0.707. The highest BCUT2D eigenvalue weighted by Crippen LogP contribution is 2.18. The van der Waals surface area contributed by atoms with Gasteiger partial charge in [-0.1, -0.05) is 6.07 Å². The molecule has 0 fully saturated rings. The van der Waals surface area contributed by atoms with E-state index < -0.39 is 12.5 Å². The molecule has 0 aliphatic rings. The van der Waals surface area contributed by atoms with Crippen LogP contribution in [0.15, 0.2) is 24.5 Å². The van der Waals surface area contributed by atoms with Crippen LogP contribution in [0, 0.1) is 0 Å². The first kappa shape index (κ1) is 8.07. The Morgan fingerprint density at radius 2 is 2.18 bits per heavy atom. The SMILES string of the molecule is OC(c1cccnc1)C(F)F. The summed E-state index contributed by atoms with van der Waals surface area (Å²) in [4.78, 5) is 3.59. The second kappa shape index (κ2) is 3.39. The topological polar surface area (TPSA) is 33.1 Å². The summed E-state index contributed by atoms with van der Waals surface area (Å²) in [5.41, 5.74) is 0.141. The van der Waals surface area contributed by atoms with Gasteiger partial charge in [0.25, 0.3) is 6.43 Å². The molecule has 1 unspecified atom stereocenters. The Bertz CT molecular complexity index is 215. The zero-order valence-electron chi connectivity index (χ0n) is 5.61. The van der Waals surface area contributed by atoms with E-state index >= 15 is 0 Å². The van der Waals surface area contributed by atoms with Crippen LogP contribution in [0.2, 0.25) is 0 Å². The van der Waals surface area contributed by atoms with E-state index in [0.29, 0.717) is 0 Å². The Balaban J connectivity index is 2.77. The molecule has 1 aromatic heterocycles. The van der Waals surface area contributed by atoms with Gasteiger partial charge >= 0.3 is 0 Å². The second-order valence-corrected chi connectivity index (χ2v) is 2.07. The fourth-order valence-electron chi connectivity index (χ4n) is 0.696. The fraction of sp³-hybridized carbons (Fsp3) is 0.286. The Hall–Kier alpha value is -1.03. The Morgan fingerprint density at radius 3 is 2.64 bits per heavy atom. The number of pyridine rings is 1. The van der Waals surface area contributed by atoms with E-state index in [4.69, 9.17) is 5.11 Å². The molecule has 1 rings (SSSR count). The normalized spacial score (nSPS) is 13.5. The molecule has 0 saturated carbocycles. The molecule has 1 atom stereocenters. The Morgan fingerprint density at radius 1 is 1.45 bits per heavy atom. The van der Waals surface area contributed by atoms with Crippen LogP contribution in [0.1, 0.15) is 11.7 Å². The van der Waals surface area contributed by atoms with E-state index in [-0.39, 0.29) is 5.56 Å². The molecule has 60 valence electrons. The average Bonchev–Trinajstić information content (AvgIpc) is 2.05. The summed E-state index contributed by atoms with van der Waals surface area (Å²) in [5.74, 6) is 0. The van der Waals surface area contributed by atoms with Crippen LogP contribution >= 0.6 is 0 Å². The number of alkyl halides is 2. The van der Waals surface area contributed by atoms with Crippen molar-refractivity contribution in [2.24, 2.45) is 0 Å². The first-order valence-electron chi connectivity index (χ1n) is 3.08. The van der Waals surface area contributed by atoms with Crippen molar-refractivity contribution in [3.63, 3.8) is 0 Å². The lowest BCUT2D eigenvalue weighted by Crippen LogP contribution is -2.07. The molecule has 0 amide bonds. The van der Waals surface area contributed by atoms with Crippen LogP contribution in [-0.2, 0) is 0 Å². The molecular weight excluding hydrogens is 152 g/mol. The van der Waals surface area contributed by atoms with E-state index in [1.165, 1.54) is 24.5 Å². The minimum absolute atomic E-state index is 0.141. The van der Waals surface area contributed by atoms with Crippen LogP contribution in [-0.4, -0.2) is 16.5 Å². The van der Waals surface area contributed by atoms with Gasteiger partial charge in [-0.05, 0) is 6.07 Å². The van der Waals surface area contributed by atoms with Crippen LogP contribution < -0.4 is 0 Å². The summed E-state index contributed by atoms with van der Waals surface area (Å²) in [5, 5.41) is 8.81. The van der Waals surface area contributed by atoms with Crippen molar-refractivity contribution in [1.82, 2.24) is 4.98 Å². The number of aliphatic hydroxyl groups excluding tert-OH is 1. The lowest BCUT2D eigenvalue weighted by Gasteiger charge is -2.07. The molecular formula is C7H7F2NO. The van der Waals surface area contributed by atoms with E-state index in [0.717, 1.165) is 0 Å². The number of aromatic nitrogens is 1. The van der Waals surface area contributed by atoms with Gasteiger partial charge in [-0.25, -0.2) is 8.78 Å². The van der Waals surface area contributed by atoms with E-state index in [2.05, 4.69) is 4.98 Å². The van der Waals surface area contributed by atoms with E-state index in [9.17, 15) is 8.78 Å². The van der Waals surface area contributed by atoms with Crippen molar-refractivity contribution in [3.05, 3.63) is 30.1 Å². The third-order valence-electron chi connectivity index (χ3n) is 1.26. The van der Waals surface area contributed by atoms with Gasteiger partial charge in [0.1, 0.15) is 6.10 Å². The molecule has 1 aromatic rings. The highest BCUT2D eigenvalue weighted by atomic mass is 19.3. The van der Waals surface area contributed by atoms with Crippen molar-refractivity contribution < 1.29 is 13.9 Å². The highest BCUT2D eigenvalue weighted by Gasteiger charge is 2.18. The largest absolute Gasteiger partial charge is 0.382 e. The molecule has 0 spiro atoms. The summed E-state index contributed by atoms with van der Waals surface area (Å²) in [7, 11) is 0. The second-order valence-electron chi connectivity index (χ2n) is 2.07. The lowest BCUT2D eigenvalue weighted by atomic mass is 10.2. The maximum atomic E-state index is 11.8. The minimum atomic E-state index is -2.75. The van der Waals surface area contributed by atoms with Gasteiger partial charge in [-0.15, -0.1) is 0 Å². The Kier molecular flexibility index (Phi) is 2.48. The summed E-state index contributed by atoms with van der Waals surface area (Å²) in [6, 6.07) is 2.91. The van der Waals surface area contributed by atoms with Gasteiger partial charge in [-0.3, -0.25) is 4.98 Å². The zero-order valence-corrected chi connectivity index (χ0v) is 5.61. The number of hydrogen-bond donors (Lipinski definition) is 1. The number of hydrogen-bond acceptors (Lipinski definition) is 2. The third-order valence-corrected chi connectivity index (χ3v) is 1.26. The molecule has 0 bridgehead atoms. The van der Waals surface area contributed by atoms with Crippen molar-refractivity contribution in [2.45, 2.75) is 12.5 Å². The summed E-state index contributed by atoms with van der Waals surface area (Å²) in [6.45, 7) is 0. The maximum absolute atomic E-state index is 11.8. The number of rotatable bonds is 2. The van der Waals surface area contributed by atoms with Gasteiger partial charge in [-0.2, -0.15) is 0 Å². The first-order chi connectivity index (χ1) is 5.22. The third kappa shape index (κ3) is 1.94. The van der Waals surface area contributed by atoms with Gasteiger partial charge in [0.15, 0.2) is 0 Å². The molecule has 0 radical (unpaired) electrons. The number of nitrogens with zero attached hydrogens (tertiary/aromatic N) is 1. The lowest BCUT2D eigenvalue weighted by molar-refractivity contribution is -0.00596. The maximum Gasteiger partial charge on any atom is 0.268 e. The molecule has 0 aromatic carbocycles. The van der Waals surface area contributed by atoms with Crippen molar-refractivity contribution in [3.8, 4) is 0 Å². The smallest absolute Gasteiger partial charge is 0.268 e. The minimum Gasteiger partial charge on any atom is -0.382 e. The molecule has 1 heterocycles. The predicted molar refractivity (Wildman–Crippen MR) is 35.2 cm³/mol. The van der Waals surface area contributed by atoms with Crippen LogP contribution in [0.4, 0.5) is 8.78 Å². The molecule has 4 heteroatoms. The summed E-state index contributed by atoms with van der Waals surface area (Å²) < 4.78 is 23.7. The molecule has 2 nitrogen and oxygen atoms in total. The summed E-state index contributed by atoms with van der Waals surface area (Å²) >= 11 is 0. The van der Waals surface area contributed by atoms with Crippen LogP contribution in [0.25, 0.3) is 0 Å². The molecule has 1 N–H and O–H groups in total. The van der Waals surface area contributed by atoms with Gasteiger partial charge in [0, 0.05) is 18.0 Å². The van der Waals surface area contributed by atoms with Gasteiger partial charge in [0.05, 0.1) is 0 Å². The molecule has 0 aliphatic carbocycles. The van der Waals surface area contributed by atoms with Crippen molar-refractivity contribution in [1.29, 1.82) is 0 Å². The molecule has 0 saturated heterocycles.